The molecule has 0 aliphatic heterocycles. The van der Waals surface area contributed by atoms with Gasteiger partial charge in [-0.1, -0.05) is 49.9 Å². The largest absolute Gasteiger partial charge is 0.310 e. The first kappa shape index (κ1) is 13.6. The fourth-order valence-electron chi connectivity index (χ4n) is 3.03. The van der Waals surface area contributed by atoms with Crippen molar-refractivity contribution in [2.24, 2.45) is 5.92 Å². The monoisotopic (exact) mass is 245 g/mol. The van der Waals surface area contributed by atoms with Crippen molar-refractivity contribution in [3.05, 3.63) is 34.9 Å². The lowest BCUT2D eigenvalue weighted by molar-refractivity contribution is 0.356. The van der Waals surface area contributed by atoms with Gasteiger partial charge < -0.3 is 5.32 Å². The zero-order valence-electron chi connectivity index (χ0n) is 12.1. The van der Waals surface area contributed by atoms with Crippen molar-refractivity contribution in [3.8, 4) is 0 Å². The van der Waals surface area contributed by atoms with Crippen LogP contribution in [0.1, 0.15) is 55.7 Å². The molecule has 18 heavy (non-hydrogen) atoms. The minimum absolute atomic E-state index is 0.715. The molecule has 1 nitrogen and oxygen atoms in total. The molecule has 0 bridgehead atoms. The molecule has 1 N–H and O–H groups in total. The molecular weight excluding hydrogens is 218 g/mol. The van der Waals surface area contributed by atoms with E-state index in [1.54, 1.807) is 0 Å². The standard InChI is InChI=1S/C17H27N/c1-13-9-10-14(2)16(11-13)12-18-17-8-6-4-5-7-15(17)3/h9-11,15,17-18H,4-8,12H2,1-3H3. The predicted octanol–water partition coefficient (Wildman–Crippen LogP) is 4.36. The number of hydrogen-bond donors (Lipinski definition) is 1. The quantitative estimate of drug-likeness (QED) is 0.780. The Balaban J connectivity index is 1.95. The summed E-state index contributed by atoms with van der Waals surface area (Å²) in [5, 5.41) is 3.80. The predicted molar refractivity (Wildman–Crippen MR) is 78.8 cm³/mol. The van der Waals surface area contributed by atoms with Crippen LogP contribution < -0.4 is 5.32 Å². The highest BCUT2D eigenvalue weighted by atomic mass is 14.9. The third kappa shape index (κ3) is 3.58. The average Bonchev–Trinajstić information content (AvgIpc) is 2.55. The van der Waals surface area contributed by atoms with Gasteiger partial charge >= 0.3 is 0 Å². The molecule has 1 saturated carbocycles. The van der Waals surface area contributed by atoms with E-state index in [-0.39, 0.29) is 0 Å². The molecule has 0 heterocycles. The van der Waals surface area contributed by atoms with Gasteiger partial charge in [-0.2, -0.15) is 0 Å². The number of rotatable bonds is 3. The van der Waals surface area contributed by atoms with Gasteiger partial charge in [-0.15, -0.1) is 0 Å². The van der Waals surface area contributed by atoms with Crippen LogP contribution in [0.15, 0.2) is 18.2 Å². The second kappa shape index (κ2) is 6.38. The van der Waals surface area contributed by atoms with Crippen LogP contribution >= 0.6 is 0 Å². The van der Waals surface area contributed by atoms with E-state index in [0.717, 1.165) is 12.5 Å². The van der Waals surface area contributed by atoms with Crippen molar-refractivity contribution in [1.82, 2.24) is 5.32 Å². The van der Waals surface area contributed by atoms with Gasteiger partial charge in [0.15, 0.2) is 0 Å². The van der Waals surface area contributed by atoms with Crippen LogP contribution in [0, 0.1) is 19.8 Å². The number of aryl methyl sites for hydroxylation is 2. The molecule has 1 aliphatic rings. The summed E-state index contributed by atoms with van der Waals surface area (Å²) in [6.07, 6.45) is 6.99. The van der Waals surface area contributed by atoms with Gasteiger partial charge in [-0.3, -0.25) is 0 Å². The number of nitrogens with one attached hydrogen (secondary N) is 1. The molecule has 0 spiro atoms. The van der Waals surface area contributed by atoms with Gasteiger partial charge in [0.05, 0.1) is 0 Å². The molecule has 1 aromatic rings. The molecule has 100 valence electrons. The Kier molecular flexibility index (Phi) is 4.82. The topological polar surface area (TPSA) is 12.0 Å². The highest BCUT2D eigenvalue weighted by molar-refractivity contribution is 5.30. The molecule has 1 fully saturated rings. The van der Waals surface area contributed by atoms with Gasteiger partial charge in [0.25, 0.3) is 0 Å². The summed E-state index contributed by atoms with van der Waals surface area (Å²) in [5.41, 5.74) is 4.24. The minimum atomic E-state index is 0.715. The molecule has 0 saturated heterocycles. The average molecular weight is 245 g/mol. The van der Waals surface area contributed by atoms with Crippen molar-refractivity contribution in [2.45, 2.75) is 65.5 Å². The smallest absolute Gasteiger partial charge is 0.0210 e. The lowest BCUT2D eigenvalue weighted by atomic mass is 9.96. The Morgan fingerprint density at radius 1 is 1.11 bits per heavy atom. The van der Waals surface area contributed by atoms with Crippen LogP contribution in [0.5, 0.6) is 0 Å². The van der Waals surface area contributed by atoms with Crippen molar-refractivity contribution >= 4 is 0 Å². The molecule has 0 radical (unpaired) electrons. The van der Waals surface area contributed by atoms with Crippen LogP contribution in [-0.2, 0) is 6.54 Å². The Bertz CT molecular complexity index is 383. The van der Waals surface area contributed by atoms with E-state index in [2.05, 4.69) is 44.3 Å². The zero-order valence-corrected chi connectivity index (χ0v) is 12.1. The third-order valence-electron chi connectivity index (χ3n) is 4.42. The molecule has 2 atom stereocenters. The van der Waals surface area contributed by atoms with E-state index in [9.17, 15) is 0 Å². The van der Waals surface area contributed by atoms with Crippen molar-refractivity contribution in [3.63, 3.8) is 0 Å². The van der Waals surface area contributed by atoms with E-state index in [1.807, 2.05) is 0 Å². The highest BCUT2D eigenvalue weighted by Gasteiger charge is 2.19. The van der Waals surface area contributed by atoms with Gasteiger partial charge in [0.1, 0.15) is 0 Å². The molecular formula is C17H27N. The summed E-state index contributed by atoms with van der Waals surface area (Å²) >= 11 is 0. The van der Waals surface area contributed by atoms with Crippen molar-refractivity contribution in [1.29, 1.82) is 0 Å². The molecule has 2 unspecified atom stereocenters. The Morgan fingerprint density at radius 3 is 2.72 bits per heavy atom. The second-order valence-corrected chi connectivity index (χ2v) is 6.03. The Hall–Kier alpha value is -0.820. The summed E-state index contributed by atoms with van der Waals surface area (Å²) in [5.74, 6) is 0.831. The Morgan fingerprint density at radius 2 is 1.89 bits per heavy atom. The first-order chi connectivity index (χ1) is 8.66. The lowest BCUT2D eigenvalue weighted by Gasteiger charge is -2.23. The number of benzene rings is 1. The fraction of sp³-hybridized carbons (Fsp3) is 0.647. The maximum absolute atomic E-state index is 3.80. The molecule has 2 rings (SSSR count). The molecule has 0 amide bonds. The van der Waals surface area contributed by atoms with Crippen molar-refractivity contribution < 1.29 is 0 Å². The first-order valence-electron chi connectivity index (χ1n) is 7.46. The summed E-state index contributed by atoms with van der Waals surface area (Å²) in [7, 11) is 0. The SMILES string of the molecule is Cc1ccc(C)c(CNC2CCCCCC2C)c1. The fourth-order valence-corrected chi connectivity index (χ4v) is 3.03. The van der Waals surface area contributed by atoms with Crippen LogP contribution in [0.25, 0.3) is 0 Å². The molecule has 0 aromatic heterocycles. The van der Waals surface area contributed by atoms with Crippen molar-refractivity contribution in [2.75, 3.05) is 0 Å². The maximum atomic E-state index is 3.80. The highest BCUT2D eigenvalue weighted by Crippen LogP contribution is 2.23. The van der Waals surface area contributed by atoms with E-state index < -0.39 is 0 Å². The molecule has 1 aromatic carbocycles. The van der Waals surface area contributed by atoms with E-state index in [0.29, 0.717) is 6.04 Å². The lowest BCUT2D eigenvalue weighted by Crippen LogP contribution is -2.33. The third-order valence-corrected chi connectivity index (χ3v) is 4.42. The second-order valence-electron chi connectivity index (χ2n) is 6.03. The Labute approximate surface area is 112 Å². The van der Waals surface area contributed by atoms with E-state index >= 15 is 0 Å². The van der Waals surface area contributed by atoms with E-state index in [4.69, 9.17) is 0 Å². The summed E-state index contributed by atoms with van der Waals surface area (Å²) in [6.45, 7) is 7.83. The minimum Gasteiger partial charge on any atom is -0.310 e. The molecule has 1 heteroatoms. The first-order valence-corrected chi connectivity index (χ1v) is 7.46. The van der Waals surface area contributed by atoms with Gasteiger partial charge in [-0.25, -0.2) is 0 Å². The summed E-state index contributed by atoms with van der Waals surface area (Å²) in [4.78, 5) is 0. The zero-order chi connectivity index (χ0) is 13.0. The van der Waals surface area contributed by atoms with Crippen LogP contribution in [0.2, 0.25) is 0 Å². The van der Waals surface area contributed by atoms with Crippen LogP contribution in [-0.4, -0.2) is 6.04 Å². The van der Waals surface area contributed by atoms with Gasteiger partial charge in [0.2, 0.25) is 0 Å². The van der Waals surface area contributed by atoms with Gasteiger partial charge in [-0.05, 0) is 43.7 Å². The summed E-state index contributed by atoms with van der Waals surface area (Å²) < 4.78 is 0. The van der Waals surface area contributed by atoms with Gasteiger partial charge in [0, 0.05) is 12.6 Å². The number of hydrogen-bond acceptors (Lipinski definition) is 1. The van der Waals surface area contributed by atoms with E-state index in [1.165, 1.54) is 48.8 Å². The van der Waals surface area contributed by atoms with Crippen LogP contribution in [0.4, 0.5) is 0 Å². The maximum Gasteiger partial charge on any atom is 0.0210 e. The molecule has 1 aliphatic carbocycles. The van der Waals surface area contributed by atoms with Crippen LogP contribution in [0.3, 0.4) is 0 Å². The normalized spacial score (nSPS) is 24.8. The summed E-state index contributed by atoms with van der Waals surface area (Å²) in [6, 6.07) is 7.48.